The van der Waals surface area contributed by atoms with Gasteiger partial charge in [-0.15, -0.1) is 0 Å². The van der Waals surface area contributed by atoms with Gasteiger partial charge in [0.2, 0.25) is 0 Å². The van der Waals surface area contributed by atoms with Gasteiger partial charge in [-0.05, 0) is 68.2 Å². The predicted molar refractivity (Wildman–Crippen MR) is 88.8 cm³/mol. The standard InChI is InChI=1S/C19H30O/c1-6-9-10-11-17(8-3)18-13-16(5)19(14-15(18)4)20-12-7-2/h9-10,13-14,17H,6-8,11-12H2,1-5H3/b10-9-. The van der Waals surface area contributed by atoms with E-state index in [0.717, 1.165) is 31.6 Å². The molecule has 112 valence electrons. The van der Waals surface area contributed by atoms with Crippen molar-refractivity contribution in [3.05, 3.63) is 41.0 Å². The summed E-state index contributed by atoms with van der Waals surface area (Å²) < 4.78 is 5.82. The van der Waals surface area contributed by atoms with Crippen LogP contribution >= 0.6 is 0 Å². The van der Waals surface area contributed by atoms with Gasteiger partial charge in [0.1, 0.15) is 5.75 Å². The number of hydrogen-bond acceptors (Lipinski definition) is 1. The van der Waals surface area contributed by atoms with Gasteiger partial charge in [-0.1, -0.05) is 39.0 Å². The lowest BCUT2D eigenvalue weighted by molar-refractivity contribution is 0.315. The molecule has 0 saturated heterocycles. The van der Waals surface area contributed by atoms with Crippen LogP contribution < -0.4 is 4.74 Å². The van der Waals surface area contributed by atoms with Gasteiger partial charge in [0.15, 0.2) is 0 Å². The minimum atomic E-state index is 0.622. The fourth-order valence-electron chi connectivity index (χ4n) is 2.56. The smallest absolute Gasteiger partial charge is 0.122 e. The van der Waals surface area contributed by atoms with Crippen molar-refractivity contribution in [1.29, 1.82) is 0 Å². The zero-order chi connectivity index (χ0) is 15.0. The van der Waals surface area contributed by atoms with Gasteiger partial charge in [-0.3, -0.25) is 0 Å². The van der Waals surface area contributed by atoms with Crippen LogP contribution in [0.25, 0.3) is 0 Å². The third kappa shape index (κ3) is 4.70. The Morgan fingerprint density at radius 3 is 2.40 bits per heavy atom. The summed E-state index contributed by atoms with van der Waals surface area (Å²) in [5.41, 5.74) is 4.10. The molecule has 1 heteroatoms. The van der Waals surface area contributed by atoms with E-state index < -0.39 is 0 Å². The minimum Gasteiger partial charge on any atom is -0.493 e. The van der Waals surface area contributed by atoms with E-state index in [4.69, 9.17) is 4.74 Å². The molecule has 1 aromatic carbocycles. The van der Waals surface area contributed by atoms with Gasteiger partial charge in [-0.2, -0.15) is 0 Å². The Hall–Kier alpha value is -1.24. The Labute approximate surface area is 125 Å². The first kappa shape index (κ1) is 16.8. The van der Waals surface area contributed by atoms with Crippen LogP contribution in [0.4, 0.5) is 0 Å². The fraction of sp³-hybridized carbons (Fsp3) is 0.579. The molecule has 0 spiro atoms. The number of benzene rings is 1. The van der Waals surface area contributed by atoms with Crippen LogP contribution in [0, 0.1) is 13.8 Å². The maximum absolute atomic E-state index is 5.82. The zero-order valence-electron chi connectivity index (χ0n) is 13.8. The highest BCUT2D eigenvalue weighted by molar-refractivity contribution is 5.43. The maximum Gasteiger partial charge on any atom is 0.122 e. The summed E-state index contributed by atoms with van der Waals surface area (Å²) in [6, 6.07) is 4.54. The first-order chi connectivity index (χ1) is 9.63. The lowest BCUT2D eigenvalue weighted by Gasteiger charge is -2.19. The largest absolute Gasteiger partial charge is 0.493 e. The van der Waals surface area contributed by atoms with Crippen LogP contribution in [0.2, 0.25) is 0 Å². The summed E-state index contributed by atoms with van der Waals surface area (Å²) in [5.74, 6) is 1.67. The molecule has 0 bridgehead atoms. The molecule has 0 radical (unpaired) electrons. The highest BCUT2D eigenvalue weighted by atomic mass is 16.5. The molecule has 0 saturated carbocycles. The summed E-state index contributed by atoms with van der Waals surface area (Å²) in [5, 5.41) is 0. The second-order valence-electron chi connectivity index (χ2n) is 5.54. The van der Waals surface area contributed by atoms with Crippen molar-refractivity contribution in [3.63, 3.8) is 0 Å². The van der Waals surface area contributed by atoms with Gasteiger partial charge < -0.3 is 4.74 Å². The minimum absolute atomic E-state index is 0.622. The van der Waals surface area contributed by atoms with Crippen LogP contribution in [0.1, 0.15) is 69.1 Å². The van der Waals surface area contributed by atoms with Gasteiger partial charge in [0.25, 0.3) is 0 Å². The molecule has 0 N–H and O–H groups in total. The molecule has 0 aliphatic rings. The molecule has 0 amide bonds. The number of rotatable bonds is 8. The van der Waals surface area contributed by atoms with Crippen LogP contribution in [0.3, 0.4) is 0 Å². The van der Waals surface area contributed by atoms with Gasteiger partial charge in [-0.25, -0.2) is 0 Å². The topological polar surface area (TPSA) is 9.23 Å². The quantitative estimate of drug-likeness (QED) is 0.533. The first-order valence-electron chi connectivity index (χ1n) is 8.02. The van der Waals surface area contributed by atoms with E-state index in [2.05, 4.69) is 58.9 Å². The van der Waals surface area contributed by atoms with Crippen molar-refractivity contribution < 1.29 is 4.74 Å². The lowest BCUT2D eigenvalue weighted by atomic mass is 9.88. The van der Waals surface area contributed by atoms with Gasteiger partial charge in [0, 0.05) is 0 Å². The Balaban J connectivity index is 2.93. The normalized spacial score (nSPS) is 12.8. The van der Waals surface area contributed by atoms with Crippen LogP contribution in [0.5, 0.6) is 5.75 Å². The van der Waals surface area contributed by atoms with Crippen LogP contribution in [0.15, 0.2) is 24.3 Å². The molecule has 0 aliphatic heterocycles. The van der Waals surface area contributed by atoms with E-state index in [1.165, 1.54) is 23.1 Å². The number of allylic oxidation sites excluding steroid dienone is 2. The molecule has 0 aromatic heterocycles. The Morgan fingerprint density at radius 2 is 1.80 bits per heavy atom. The average molecular weight is 274 g/mol. The Kier molecular flexibility index (Phi) is 7.43. The van der Waals surface area contributed by atoms with Crippen molar-refractivity contribution in [2.75, 3.05) is 6.61 Å². The van der Waals surface area contributed by atoms with E-state index in [9.17, 15) is 0 Å². The Bertz CT molecular complexity index is 432. The summed E-state index contributed by atoms with van der Waals surface area (Å²) >= 11 is 0. The maximum atomic E-state index is 5.82. The molecule has 20 heavy (non-hydrogen) atoms. The molecule has 1 nitrogen and oxygen atoms in total. The lowest BCUT2D eigenvalue weighted by Crippen LogP contribution is -2.03. The van der Waals surface area contributed by atoms with E-state index in [0.29, 0.717) is 5.92 Å². The van der Waals surface area contributed by atoms with Gasteiger partial charge in [0.05, 0.1) is 6.61 Å². The highest BCUT2D eigenvalue weighted by Gasteiger charge is 2.13. The van der Waals surface area contributed by atoms with Crippen molar-refractivity contribution in [1.82, 2.24) is 0 Å². The molecule has 0 aliphatic carbocycles. The molecule has 1 aromatic rings. The van der Waals surface area contributed by atoms with E-state index in [1.807, 2.05) is 0 Å². The molecular weight excluding hydrogens is 244 g/mol. The SMILES string of the molecule is CC/C=C\CC(CC)c1cc(C)c(OCCC)cc1C. The van der Waals surface area contributed by atoms with Crippen molar-refractivity contribution in [2.45, 2.75) is 66.2 Å². The molecule has 1 atom stereocenters. The third-order valence-electron chi connectivity index (χ3n) is 3.78. The monoisotopic (exact) mass is 274 g/mol. The second kappa shape index (κ2) is 8.84. The number of hydrogen-bond donors (Lipinski definition) is 0. The van der Waals surface area contributed by atoms with Crippen LogP contribution in [-0.2, 0) is 0 Å². The summed E-state index contributed by atoms with van der Waals surface area (Å²) in [6.07, 6.45) is 9.09. The number of aryl methyl sites for hydroxylation is 2. The molecule has 0 fully saturated rings. The van der Waals surface area contributed by atoms with Crippen molar-refractivity contribution in [3.8, 4) is 5.75 Å². The Morgan fingerprint density at radius 1 is 1.05 bits per heavy atom. The van der Waals surface area contributed by atoms with Crippen molar-refractivity contribution >= 4 is 0 Å². The van der Waals surface area contributed by atoms with Crippen LogP contribution in [-0.4, -0.2) is 6.61 Å². The molecular formula is C19H30O. The first-order valence-corrected chi connectivity index (χ1v) is 8.02. The highest BCUT2D eigenvalue weighted by Crippen LogP contribution is 2.31. The summed E-state index contributed by atoms with van der Waals surface area (Å²) in [4.78, 5) is 0. The second-order valence-corrected chi connectivity index (χ2v) is 5.54. The molecule has 1 rings (SSSR count). The van der Waals surface area contributed by atoms with Crippen molar-refractivity contribution in [2.24, 2.45) is 0 Å². The predicted octanol–water partition coefficient (Wildman–Crippen LogP) is 5.94. The summed E-state index contributed by atoms with van der Waals surface area (Å²) in [6.45, 7) is 11.8. The summed E-state index contributed by atoms with van der Waals surface area (Å²) in [7, 11) is 0. The van der Waals surface area contributed by atoms with E-state index in [-0.39, 0.29) is 0 Å². The fourth-order valence-corrected chi connectivity index (χ4v) is 2.56. The molecule has 0 heterocycles. The van der Waals surface area contributed by atoms with E-state index in [1.54, 1.807) is 0 Å². The third-order valence-corrected chi connectivity index (χ3v) is 3.78. The van der Waals surface area contributed by atoms with Gasteiger partial charge >= 0.3 is 0 Å². The zero-order valence-corrected chi connectivity index (χ0v) is 13.8. The van der Waals surface area contributed by atoms with E-state index >= 15 is 0 Å². The molecule has 1 unspecified atom stereocenters. The average Bonchev–Trinajstić information content (AvgIpc) is 2.44. The number of ether oxygens (including phenoxy) is 1.